The van der Waals surface area contributed by atoms with Crippen molar-refractivity contribution < 1.29 is 4.58 Å². The van der Waals surface area contributed by atoms with Crippen molar-refractivity contribution in [3.05, 3.63) is 0 Å². The van der Waals surface area contributed by atoms with Crippen LogP contribution >= 0.6 is 0 Å². The van der Waals surface area contributed by atoms with Gasteiger partial charge in [0.2, 0.25) is 5.84 Å². The molecule has 0 radical (unpaired) electrons. The number of likely N-dealkylation sites (N-methyl/N-ethyl adjacent to an activating group) is 2. The maximum atomic E-state index is 2.32. The van der Waals surface area contributed by atoms with Gasteiger partial charge in [-0.05, 0) is 0 Å². The summed E-state index contributed by atoms with van der Waals surface area (Å²) < 4.78 is 2.32. The van der Waals surface area contributed by atoms with Gasteiger partial charge < -0.3 is 0 Å². The molecule has 0 aliphatic carbocycles. The van der Waals surface area contributed by atoms with Gasteiger partial charge in [0.05, 0.1) is 14.1 Å². The van der Waals surface area contributed by atoms with E-state index in [0.717, 1.165) is 6.42 Å². The largest absolute Gasteiger partial charge is 0.264 e. The first-order valence-electron chi connectivity index (χ1n) is 3.53. The van der Waals surface area contributed by atoms with Gasteiger partial charge in [-0.3, -0.25) is 9.48 Å². The molecular formula is C7H15N2+. The number of nitrogens with zero attached hydrogens (tertiary/aromatic N) is 2. The molecule has 0 aromatic rings. The molecule has 1 heterocycles. The maximum absolute atomic E-state index is 2.32. The number of rotatable bonds is 1. The van der Waals surface area contributed by atoms with Crippen LogP contribution in [0.2, 0.25) is 0 Å². The minimum atomic E-state index is 1.16. The first-order valence-corrected chi connectivity index (χ1v) is 3.53. The third-order valence-corrected chi connectivity index (χ3v) is 1.97. The predicted octanol–water partition coefficient (Wildman–Crippen LogP) is 0.383. The molecular weight excluding hydrogens is 112 g/mol. The van der Waals surface area contributed by atoms with Gasteiger partial charge in [0.15, 0.2) is 0 Å². The van der Waals surface area contributed by atoms with Crippen LogP contribution in [0.25, 0.3) is 0 Å². The van der Waals surface area contributed by atoms with E-state index in [-0.39, 0.29) is 0 Å². The van der Waals surface area contributed by atoms with Crippen LogP contribution in [0.5, 0.6) is 0 Å². The molecule has 1 aliphatic rings. The molecule has 0 saturated carbocycles. The smallest absolute Gasteiger partial charge is 0.246 e. The van der Waals surface area contributed by atoms with E-state index in [0.29, 0.717) is 0 Å². The quantitative estimate of drug-likeness (QED) is 0.462. The topological polar surface area (TPSA) is 6.25 Å². The first-order chi connectivity index (χ1) is 4.25. The Morgan fingerprint density at radius 3 is 2.56 bits per heavy atom. The molecule has 0 spiro atoms. The number of hydrogen-bond donors (Lipinski definition) is 0. The molecule has 0 unspecified atom stereocenters. The van der Waals surface area contributed by atoms with E-state index in [1.807, 2.05) is 0 Å². The van der Waals surface area contributed by atoms with Crippen LogP contribution in [0.4, 0.5) is 0 Å². The molecule has 0 N–H and O–H groups in total. The molecule has 52 valence electrons. The lowest BCUT2D eigenvalue weighted by Gasteiger charge is -2.02. The van der Waals surface area contributed by atoms with Crippen molar-refractivity contribution in [2.75, 3.05) is 27.2 Å². The highest BCUT2D eigenvalue weighted by Crippen LogP contribution is 1.98. The van der Waals surface area contributed by atoms with Gasteiger partial charge in [0, 0.05) is 6.42 Å². The molecule has 9 heavy (non-hydrogen) atoms. The third-order valence-electron chi connectivity index (χ3n) is 1.97. The zero-order valence-corrected chi connectivity index (χ0v) is 6.52. The zero-order chi connectivity index (χ0) is 6.85. The standard InChI is InChI=1S/C7H15N2/c1-4-7-8(2)5-6-9(7)3/h4-6H2,1-3H3/q+1. The maximum Gasteiger partial charge on any atom is 0.246 e. The Balaban J connectivity index is 2.69. The minimum Gasteiger partial charge on any atom is -0.264 e. The summed E-state index contributed by atoms with van der Waals surface area (Å²) in [6, 6.07) is 0. The molecule has 0 aromatic carbocycles. The van der Waals surface area contributed by atoms with Gasteiger partial charge in [-0.25, -0.2) is 0 Å². The monoisotopic (exact) mass is 127 g/mol. The molecule has 1 aliphatic heterocycles. The average Bonchev–Trinajstić information content (AvgIpc) is 2.12. The number of amidine groups is 1. The summed E-state index contributed by atoms with van der Waals surface area (Å²) in [7, 11) is 4.31. The second-order valence-corrected chi connectivity index (χ2v) is 2.61. The van der Waals surface area contributed by atoms with Crippen molar-refractivity contribution in [2.45, 2.75) is 13.3 Å². The summed E-state index contributed by atoms with van der Waals surface area (Å²) in [5, 5.41) is 0. The summed E-state index contributed by atoms with van der Waals surface area (Å²) in [6.45, 7) is 4.59. The summed E-state index contributed by atoms with van der Waals surface area (Å²) in [4.78, 5) is 2.32. The SMILES string of the molecule is CCC1=[N+](C)CCN1C. The summed E-state index contributed by atoms with van der Waals surface area (Å²) in [5.74, 6) is 1.47. The van der Waals surface area contributed by atoms with Crippen LogP contribution in [-0.2, 0) is 0 Å². The second-order valence-electron chi connectivity index (χ2n) is 2.61. The van der Waals surface area contributed by atoms with E-state index in [4.69, 9.17) is 0 Å². The fourth-order valence-electron chi connectivity index (χ4n) is 1.39. The lowest BCUT2D eigenvalue weighted by atomic mass is 10.4. The Hall–Kier alpha value is -0.530. The fraction of sp³-hybridized carbons (Fsp3) is 0.857. The summed E-state index contributed by atoms with van der Waals surface area (Å²) in [5.41, 5.74) is 0. The molecule has 0 amide bonds. The van der Waals surface area contributed by atoms with Crippen molar-refractivity contribution in [1.29, 1.82) is 0 Å². The molecule has 0 saturated heterocycles. The van der Waals surface area contributed by atoms with E-state index in [2.05, 4.69) is 30.5 Å². The fourth-order valence-corrected chi connectivity index (χ4v) is 1.39. The van der Waals surface area contributed by atoms with Gasteiger partial charge >= 0.3 is 0 Å². The molecule has 2 nitrogen and oxygen atoms in total. The third kappa shape index (κ3) is 1.07. The van der Waals surface area contributed by atoms with E-state index >= 15 is 0 Å². The van der Waals surface area contributed by atoms with Gasteiger partial charge in [0.1, 0.15) is 13.1 Å². The highest BCUT2D eigenvalue weighted by atomic mass is 15.3. The van der Waals surface area contributed by atoms with Crippen LogP contribution in [0.15, 0.2) is 0 Å². The summed E-state index contributed by atoms with van der Waals surface area (Å²) in [6.07, 6.45) is 1.16. The van der Waals surface area contributed by atoms with Crippen molar-refractivity contribution in [3.63, 3.8) is 0 Å². The van der Waals surface area contributed by atoms with Crippen molar-refractivity contribution >= 4 is 5.84 Å². The minimum absolute atomic E-state index is 1.16. The first kappa shape index (κ1) is 6.59. The average molecular weight is 127 g/mol. The highest BCUT2D eigenvalue weighted by molar-refractivity contribution is 5.77. The molecule has 2 heteroatoms. The van der Waals surface area contributed by atoms with Crippen LogP contribution < -0.4 is 0 Å². The molecule has 0 aromatic heterocycles. The Bertz CT molecular complexity index is 138. The van der Waals surface area contributed by atoms with Gasteiger partial charge in [-0.1, -0.05) is 6.92 Å². The van der Waals surface area contributed by atoms with Crippen LogP contribution in [-0.4, -0.2) is 42.5 Å². The number of hydrogen-bond acceptors (Lipinski definition) is 1. The van der Waals surface area contributed by atoms with E-state index in [9.17, 15) is 0 Å². The zero-order valence-electron chi connectivity index (χ0n) is 6.52. The van der Waals surface area contributed by atoms with E-state index in [1.54, 1.807) is 0 Å². The Kier molecular flexibility index (Phi) is 1.74. The lowest BCUT2D eigenvalue weighted by molar-refractivity contribution is -0.487. The summed E-state index contributed by atoms with van der Waals surface area (Å²) >= 11 is 0. The van der Waals surface area contributed by atoms with Gasteiger partial charge in [-0.15, -0.1) is 0 Å². The second kappa shape index (κ2) is 2.38. The van der Waals surface area contributed by atoms with Gasteiger partial charge in [0.25, 0.3) is 0 Å². The molecule has 1 rings (SSSR count). The molecule has 0 atom stereocenters. The van der Waals surface area contributed by atoms with Gasteiger partial charge in [-0.2, -0.15) is 0 Å². The normalized spacial score (nSPS) is 19.7. The Morgan fingerprint density at radius 2 is 2.33 bits per heavy atom. The molecule has 0 fully saturated rings. The van der Waals surface area contributed by atoms with Crippen LogP contribution in [0.1, 0.15) is 13.3 Å². The Morgan fingerprint density at radius 1 is 1.67 bits per heavy atom. The lowest BCUT2D eigenvalue weighted by Crippen LogP contribution is -2.23. The van der Waals surface area contributed by atoms with Crippen LogP contribution in [0, 0.1) is 0 Å². The van der Waals surface area contributed by atoms with Crippen molar-refractivity contribution in [3.8, 4) is 0 Å². The Labute approximate surface area is 56.8 Å². The van der Waals surface area contributed by atoms with Crippen molar-refractivity contribution in [2.24, 2.45) is 0 Å². The molecule has 0 bridgehead atoms. The van der Waals surface area contributed by atoms with Crippen LogP contribution in [0.3, 0.4) is 0 Å². The van der Waals surface area contributed by atoms with E-state index < -0.39 is 0 Å². The predicted molar refractivity (Wildman–Crippen MR) is 39.0 cm³/mol. The van der Waals surface area contributed by atoms with Crippen molar-refractivity contribution in [1.82, 2.24) is 4.90 Å². The van der Waals surface area contributed by atoms with E-state index in [1.165, 1.54) is 18.9 Å². The highest BCUT2D eigenvalue weighted by Gasteiger charge is 2.21.